The van der Waals surface area contributed by atoms with E-state index < -0.39 is 0 Å². The van der Waals surface area contributed by atoms with Gasteiger partial charge in [-0.2, -0.15) is 0 Å². The first-order valence-electron chi connectivity index (χ1n) is 11.2. The minimum atomic E-state index is 0.222. The third-order valence-corrected chi connectivity index (χ3v) is 16.1. The van der Waals surface area contributed by atoms with Crippen molar-refractivity contribution in [3.63, 3.8) is 0 Å². The first-order chi connectivity index (χ1) is 11.8. The van der Waals surface area contributed by atoms with Crippen LogP contribution in [-0.4, -0.2) is 28.0 Å². The molecule has 4 rings (SSSR count). The van der Waals surface area contributed by atoms with Crippen LogP contribution in [0.15, 0.2) is 0 Å². The highest BCUT2D eigenvalue weighted by molar-refractivity contribution is 7.77. The normalized spacial score (nSPS) is 28.5. The number of hydrogen-bond acceptors (Lipinski definition) is 0. The van der Waals surface area contributed by atoms with Crippen molar-refractivity contribution in [3.8, 4) is 0 Å². The average Bonchev–Trinajstić information content (AvgIpc) is 3.38. The molecule has 0 atom stereocenters. The summed E-state index contributed by atoms with van der Waals surface area (Å²) in [4.78, 5) is 0. The van der Waals surface area contributed by atoms with Crippen molar-refractivity contribution in [2.45, 2.75) is 131 Å². The lowest BCUT2D eigenvalue weighted by Gasteiger charge is -2.44. The molecule has 0 aliphatic heterocycles. The lowest BCUT2D eigenvalue weighted by Crippen LogP contribution is -2.24. The van der Waals surface area contributed by atoms with E-state index >= 15 is 0 Å². The van der Waals surface area contributed by atoms with Crippen LogP contribution in [0.4, 0.5) is 0 Å². The van der Waals surface area contributed by atoms with E-state index in [1.54, 1.807) is 51.4 Å². The predicted molar refractivity (Wildman–Crippen MR) is 112 cm³/mol. The second-order valence-electron chi connectivity index (χ2n) is 9.13. The first kappa shape index (κ1) is 18.2. The van der Waals surface area contributed by atoms with Crippen molar-refractivity contribution in [3.05, 3.63) is 6.92 Å². The maximum absolute atomic E-state index is 5.07. The predicted octanol–water partition coefficient (Wildman–Crippen LogP) is 7.88. The topological polar surface area (TPSA) is 0 Å². The molecule has 0 saturated heterocycles. The molecule has 0 nitrogen and oxygen atoms in total. The standard InChI is InChI=1S/C22H39P2/c1-18(23(19-10-2-3-11-19)20-12-4-5-13-20)24(21-14-6-7-15-21)22-16-8-9-17-22/h18-22H,1-17H2. The molecule has 1 radical (unpaired) electrons. The van der Waals surface area contributed by atoms with Gasteiger partial charge in [-0.05, 0) is 80.9 Å². The van der Waals surface area contributed by atoms with Crippen LogP contribution in [0.5, 0.6) is 0 Å². The second-order valence-corrected chi connectivity index (χ2v) is 15.5. The van der Waals surface area contributed by atoms with Gasteiger partial charge < -0.3 is 0 Å². The highest BCUT2D eigenvalue weighted by Gasteiger charge is 2.43. The van der Waals surface area contributed by atoms with Crippen LogP contribution >= 0.6 is 15.8 Å². The zero-order valence-electron chi connectivity index (χ0n) is 15.8. The summed E-state index contributed by atoms with van der Waals surface area (Å²) in [7, 11) is 0.444. The summed E-state index contributed by atoms with van der Waals surface area (Å²) in [5, 5.41) is 0.910. The first-order valence-corrected chi connectivity index (χ1v) is 14.3. The van der Waals surface area contributed by atoms with Crippen LogP contribution in [-0.2, 0) is 0 Å². The quantitative estimate of drug-likeness (QED) is 0.420. The fourth-order valence-corrected chi connectivity index (χ4v) is 17.0. The van der Waals surface area contributed by atoms with Gasteiger partial charge in [-0.15, -0.1) is 0 Å². The molecule has 4 aliphatic carbocycles. The molecule has 0 aromatic rings. The molecular weight excluding hydrogens is 326 g/mol. The van der Waals surface area contributed by atoms with Crippen LogP contribution in [0.2, 0.25) is 0 Å². The van der Waals surface area contributed by atoms with Crippen LogP contribution < -0.4 is 0 Å². The Kier molecular flexibility index (Phi) is 6.61. The molecule has 4 fully saturated rings. The van der Waals surface area contributed by atoms with Gasteiger partial charge >= 0.3 is 0 Å². The molecule has 0 aromatic heterocycles. The van der Waals surface area contributed by atoms with Crippen molar-refractivity contribution >= 4 is 15.8 Å². The van der Waals surface area contributed by atoms with Crippen LogP contribution in [0.25, 0.3) is 0 Å². The second kappa shape index (κ2) is 8.70. The summed E-state index contributed by atoms with van der Waals surface area (Å²) < 4.78 is 0. The zero-order valence-corrected chi connectivity index (χ0v) is 17.6. The SMILES string of the molecule is [CH2]C(P(C1CCCC1)C1CCCC1)P(C1CCCC1)C1CCCC1. The van der Waals surface area contributed by atoms with E-state index in [-0.39, 0.29) is 15.8 Å². The summed E-state index contributed by atoms with van der Waals surface area (Å²) >= 11 is 0. The van der Waals surface area contributed by atoms with Gasteiger partial charge in [0.2, 0.25) is 0 Å². The van der Waals surface area contributed by atoms with Crippen molar-refractivity contribution in [2.24, 2.45) is 0 Å². The zero-order chi connectivity index (χ0) is 16.4. The van der Waals surface area contributed by atoms with E-state index in [2.05, 4.69) is 0 Å². The summed E-state index contributed by atoms with van der Waals surface area (Å²) in [5.74, 6) is 0. The maximum atomic E-state index is 5.07. The molecule has 0 unspecified atom stereocenters. The fourth-order valence-electron chi connectivity index (χ4n) is 6.53. The van der Waals surface area contributed by atoms with Crippen molar-refractivity contribution in [1.29, 1.82) is 0 Å². The van der Waals surface area contributed by atoms with Gasteiger partial charge in [-0.1, -0.05) is 67.2 Å². The Bertz CT molecular complexity index is 303. The number of hydrogen-bond donors (Lipinski definition) is 0. The third-order valence-electron chi connectivity index (χ3n) is 7.67. The Morgan fingerprint density at radius 3 is 0.875 bits per heavy atom. The Morgan fingerprint density at radius 2 is 0.667 bits per heavy atom. The van der Waals surface area contributed by atoms with Crippen LogP contribution in [0.1, 0.15) is 103 Å². The van der Waals surface area contributed by atoms with Gasteiger partial charge in [0, 0.05) is 5.40 Å². The average molecular weight is 366 g/mol. The van der Waals surface area contributed by atoms with E-state index in [0.717, 1.165) is 28.0 Å². The van der Waals surface area contributed by atoms with E-state index in [1.807, 2.05) is 0 Å². The van der Waals surface area contributed by atoms with E-state index in [4.69, 9.17) is 6.92 Å². The number of rotatable bonds is 6. The molecule has 0 bridgehead atoms. The Balaban J connectivity index is 1.55. The van der Waals surface area contributed by atoms with Crippen molar-refractivity contribution in [1.82, 2.24) is 0 Å². The third kappa shape index (κ3) is 3.91. The Morgan fingerprint density at radius 1 is 0.458 bits per heavy atom. The summed E-state index contributed by atoms with van der Waals surface area (Å²) in [5.41, 5.74) is 4.49. The lowest BCUT2D eigenvalue weighted by molar-refractivity contribution is 0.807. The van der Waals surface area contributed by atoms with Crippen LogP contribution in [0, 0.1) is 6.92 Å². The van der Waals surface area contributed by atoms with Crippen molar-refractivity contribution in [2.75, 3.05) is 0 Å². The lowest BCUT2D eigenvalue weighted by atomic mass is 10.3. The molecule has 4 aliphatic rings. The van der Waals surface area contributed by atoms with E-state index in [9.17, 15) is 0 Å². The van der Waals surface area contributed by atoms with Gasteiger partial charge in [0.05, 0.1) is 0 Å². The largest absolute Gasteiger partial charge is 0.0927 e. The van der Waals surface area contributed by atoms with Gasteiger partial charge in [0.15, 0.2) is 0 Å². The monoisotopic (exact) mass is 365 g/mol. The minimum absolute atomic E-state index is 0.222. The summed E-state index contributed by atoms with van der Waals surface area (Å²) in [6, 6.07) is 0. The van der Waals surface area contributed by atoms with E-state index in [1.165, 1.54) is 51.4 Å². The van der Waals surface area contributed by atoms with Gasteiger partial charge in [-0.3, -0.25) is 0 Å². The Labute approximate surface area is 153 Å². The molecule has 0 amide bonds. The molecule has 137 valence electrons. The van der Waals surface area contributed by atoms with Crippen molar-refractivity contribution < 1.29 is 0 Å². The molecule has 2 heteroatoms. The van der Waals surface area contributed by atoms with Gasteiger partial charge in [-0.25, -0.2) is 0 Å². The molecule has 0 N–H and O–H groups in total. The highest BCUT2D eigenvalue weighted by atomic mass is 31.2. The smallest absolute Gasteiger partial charge is 0.000446 e. The van der Waals surface area contributed by atoms with Crippen LogP contribution in [0.3, 0.4) is 0 Å². The minimum Gasteiger partial charge on any atom is -0.0927 e. The molecule has 4 saturated carbocycles. The molecule has 0 spiro atoms. The summed E-state index contributed by atoms with van der Waals surface area (Å²) in [6.45, 7) is 5.07. The summed E-state index contributed by atoms with van der Waals surface area (Å²) in [6.07, 6.45) is 24.9. The van der Waals surface area contributed by atoms with E-state index in [0.29, 0.717) is 0 Å². The highest BCUT2D eigenvalue weighted by Crippen LogP contribution is 2.73. The van der Waals surface area contributed by atoms with Gasteiger partial charge in [0.1, 0.15) is 0 Å². The fraction of sp³-hybridized carbons (Fsp3) is 0.955. The molecular formula is C22H39P2. The molecule has 0 heterocycles. The molecule has 24 heavy (non-hydrogen) atoms. The Hall–Kier alpha value is 0.860. The van der Waals surface area contributed by atoms with Gasteiger partial charge in [0.25, 0.3) is 0 Å². The maximum Gasteiger partial charge on any atom is 0.000446 e. The molecule has 0 aromatic carbocycles.